The van der Waals surface area contributed by atoms with Gasteiger partial charge in [-0.3, -0.25) is 24.0 Å². The summed E-state index contributed by atoms with van der Waals surface area (Å²) in [6.07, 6.45) is 19.1. The van der Waals surface area contributed by atoms with E-state index in [0.717, 1.165) is 75.5 Å². The molecule has 0 bridgehead atoms. The van der Waals surface area contributed by atoms with Gasteiger partial charge in [0, 0.05) is 31.1 Å². The molecule has 280 valence electrons. The number of esters is 1. The van der Waals surface area contributed by atoms with Crippen LogP contribution in [0.3, 0.4) is 0 Å². The van der Waals surface area contributed by atoms with Crippen LogP contribution >= 0.6 is 0 Å². The molecule has 0 aromatic carbocycles. The van der Waals surface area contributed by atoms with Crippen LogP contribution in [0.1, 0.15) is 152 Å². The first-order valence-electron chi connectivity index (χ1n) is 20.6. The van der Waals surface area contributed by atoms with Crippen LogP contribution in [0.2, 0.25) is 0 Å². The summed E-state index contributed by atoms with van der Waals surface area (Å²) < 4.78 is 5.84. The summed E-state index contributed by atoms with van der Waals surface area (Å²) >= 11 is 0. The van der Waals surface area contributed by atoms with E-state index in [0.29, 0.717) is 54.0 Å². The number of hydrogen-bond acceptors (Lipinski definition) is 6. The van der Waals surface area contributed by atoms with Crippen molar-refractivity contribution in [3.8, 4) is 0 Å². The first kappa shape index (κ1) is 37.0. The number of rotatable bonds is 3. The predicted molar refractivity (Wildman–Crippen MR) is 197 cm³/mol. The second-order valence-corrected chi connectivity index (χ2v) is 19.7. The highest BCUT2D eigenvalue weighted by Crippen LogP contribution is 2.70. The lowest BCUT2D eigenvalue weighted by Crippen LogP contribution is -2.59. The average molecular weight is 701 g/mol. The molecule has 51 heavy (non-hydrogen) atoms. The van der Waals surface area contributed by atoms with Gasteiger partial charge in [-0.25, -0.2) is 0 Å². The molecule has 0 radical (unpaired) electrons. The summed E-state index contributed by atoms with van der Waals surface area (Å²) in [6.45, 7) is 16.5. The number of Topliss-reactive ketones (excluding diaryl/α,β-unsaturated/α-hetero) is 2. The molecule has 0 aromatic rings. The van der Waals surface area contributed by atoms with Gasteiger partial charge in [0.2, 0.25) is 0 Å². The summed E-state index contributed by atoms with van der Waals surface area (Å²) in [4.78, 5) is 60.8. The Hall–Kier alpha value is -2.37. The maximum absolute atomic E-state index is 12.8. The summed E-state index contributed by atoms with van der Waals surface area (Å²) in [6, 6.07) is 0. The number of allylic oxidation sites excluding steroid dienone is 2. The summed E-state index contributed by atoms with van der Waals surface area (Å²) in [5.41, 5.74) is 2.16. The first-order chi connectivity index (χ1) is 23.9. The van der Waals surface area contributed by atoms with Crippen molar-refractivity contribution >= 4 is 29.1 Å². The van der Waals surface area contributed by atoms with E-state index in [1.807, 2.05) is 12.2 Å². The Bertz CT molecular complexity index is 1590. The van der Waals surface area contributed by atoms with Crippen molar-refractivity contribution < 1.29 is 28.7 Å². The van der Waals surface area contributed by atoms with E-state index in [1.165, 1.54) is 43.8 Å². The van der Waals surface area contributed by atoms with Crippen LogP contribution in [0, 0.1) is 69.0 Å². The molecule has 0 heterocycles. The molecule has 8 rings (SSSR count). The lowest BCUT2D eigenvalue weighted by molar-refractivity contribution is -0.187. The van der Waals surface area contributed by atoms with Crippen molar-refractivity contribution in [1.29, 1.82) is 0 Å². The highest BCUT2D eigenvalue weighted by Gasteiger charge is 2.68. The number of carbonyl (C=O) groups excluding carboxylic acids is 5. The van der Waals surface area contributed by atoms with Gasteiger partial charge in [-0.15, -0.1) is 0 Å². The van der Waals surface area contributed by atoms with Gasteiger partial charge in [0.25, 0.3) is 0 Å². The summed E-state index contributed by atoms with van der Waals surface area (Å²) in [7, 11) is 0. The molecule has 0 saturated heterocycles. The number of fused-ring (bicyclic) bond motifs is 10. The molecule has 0 amide bonds. The van der Waals surface area contributed by atoms with Crippen LogP contribution in [0.25, 0.3) is 0 Å². The standard InChI is InChI=1S/C24H34O4.C21H30O2/c1-14-12-18-19(22(4)9-6-17(27)13-21(14)22)7-10-23(5)20(18)8-11-24(23,15(2)25)28-16(3)26;1-13(22)17-6-7-18-16-5-4-14-12-15(23)8-10-20(14,2)19(16)9-11-21(17,18)3/h13-14,18-20H,6-12H2,1-5H3;12,16-19H,4-11H2,1-3H3/t14-,18+,19-,20-,22+,23-,24-;16-,17+,18-,19-,20-,21+/m00/s1. The van der Waals surface area contributed by atoms with Crippen molar-refractivity contribution in [3.63, 3.8) is 0 Å². The molecule has 0 aromatic heterocycles. The Kier molecular flexibility index (Phi) is 9.14. The number of carbonyl (C=O) groups is 5. The Morgan fingerprint density at radius 1 is 0.667 bits per heavy atom. The van der Waals surface area contributed by atoms with Gasteiger partial charge in [0.1, 0.15) is 5.78 Å². The molecule has 0 N–H and O–H groups in total. The Morgan fingerprint density at radius 3 is 1.96 bits per heavy atom. The summed E-state index contributed by atoms with van der Waals surface area (Å²) in [5, 5.41) is 0. The van der Waals surface area contributed by atoms with Gasteiger partial charge in [0.15, 0.2) is 23.0 Å². The molecule has 0 spiro atoms. The fraction of sp³-hybridized carbons (Fsp3) is 0.800. The van der Waals surface area contributed by atoms with E-state index >= 15 is 0 Å². The van der Waals surface area contributed by atoms with Crippen LogP contribution < -0.4 is 0 Å². The lowest BCUT2D eigenvalue weighted by Gasteiger charge is -2.60. The van der Waals surface area contributed by atoms with E-state index in [2.05, 4.69) is 34.6 Å². The fourth-order valence-electron chi connectivity index (χ4n) is 15.3. The van der Waals surface area contributed by atoms with Crippen LogP contribution in [-0.2, 0) is 28.7 Å². The van der Waals surface area contributed by atoms with Crippen molar-refractivity contribution in [2.75, 3.05) is 0 Å². The molecule has 0 aliphatic heterocycles. The highest BCUT2D eigenvalue weighted by molar-refractivity contribution is 5.92. The molecule has 13 atom stereocenters. The largest absolute Gasteiger partial charge is 0.451 e. The van der Waals surface area contributed by atoms with Crippen molar-refractivity contribution in [3.05, 3.63) is 23.3 Å². The third-order valence-electron chi connectivity index (χ3n) is 17.7. The van der Waals surface area contributed by atoms with E-state index < -0.39 is 5.60 Å². The summed E-state index contributed by atoms with van der Waals surface area (Å²) in [5.74, 6) is 5.11. The SMILES string of the molecule is CC(=O)O[C@]1(C(C)=O)CC[C@H]2[C@@H]3C[C@H](C)C4=CC(=O)CC[C@]4(C)[C@H]3CC[C@@]21C.CC(=O)[C@H]1CC[C@H]2[C@@H]3CCC4=CC(=O)CC[C@]4(C)[C@H]3CC[C@]12C. The Labute approximate surface area is 306 Å². The van der Waals surface area contributed by atoms with E-state index in [1.54, 1.807) is 13.8 Å². The van der Waals surface area contributed by atoms with Crippen molar-refractivity contribution in [1.82, 2.24) is 0 Å². The van der Waals surface area contributed by atoms with Crippen molar-refractivity contribution in [2.45, 2.75) is 157 Å². The van der Waals surface area contributed by atoms with Crippen LogP contribution in [0.15, 0.2) is 23.3 Å². The Balaban J connectivity index is 0.000000162. The smallest absolute Gasteiger partial charge is 0.303 e. The number of ketones is 4. The Morgan fingerprint density at radius 2 is 1.29 bits per heavy atom. The second-order valence-electron chi connectivity index (χ2n) is 19.7. The van der Waals surface area contributed by atoms with Gasteiger partial charge in [-0.05, 0) is 167 Å². The minimum absolute atomic E-state index is 0.00469. The third kappa shape index (κ3) is 5.39. The van der Waals surface area contributed by atoms with Gasteiger partial charge >= 0.3 is 5.97 Å². The zero-order chi connectivity index (χ0) is 36.9. The predicted octanol–water partition coefficient (Wildman–Crippen LogP) is 9.38. The average Bonchev–Trinajstić information content (AvgIpc) is 3.57. The van der Waals surface area contributed by atoms with Crippen molar-refractivity contribution in [2.24, 2.45) is 69.0 Å². The minimum atomic E-state index is -0.961. The second kappa shape index (κ2) is 12.6. The van der Waals surface area contributed by atoms with Gasteiger partial charge in [-0.2, -0.15) is 0 Å². The quantitative estimate of drug-likeness (QED) is 0.272. The zero-order valence-corrected chi connectivity index (χ0v) is 32.8. The van der Waals surface area contributed by atoms with E-state index in [4.69, 9.17) is 4.74 Å². The highest BCUT2D eigenvalue weighted by atomic mass is 16.6. The molecule has 6 nitrogen and oxygen atoms in total. The van der Waals surface area contributed by atoms with Gasteiger partial charge < -0.3 is 4.74 Å². The number of ether oxygens (including phenoxy) is 1. The maximum Gasteiger partial charge on any atom is 0.303 e. The fourth-order valence-corrected chi connectivity index (χ4v) is 15.3. The monoisotopic (exact) mass is 700 g/mol. The molecule has 6 saturated carbocycles. The normalized spacial score (nSPS) is 48.2. The molecule has 6 heteroatoms. The lowest BCUT2D eigenvalue weighted by atomic mass is 9.44. The van der Waals surface area contributed by atoms with Crippen LogP contribution in [-0.4, -0.2) is 34.7 Å². The van der Waals surface area contributed by atoms with Crippen LogP contribution in [0.5, 0.6) is 0 Å². The van der Waals surface area contributed by atoms with E-state index in [9.17, 15) is 24.0 Å². The molecular formula is C45H64O6. The minimum Gasteiger partial charge on any atom is -0.451 e. The van der Waals surface area contributed by atoms with Gasteiger partial charge in [0.05, 0.1) is 0 Å². The molecular weight excluding hydrogens is 636 g/mol. The molecule has 0 unspecified atom stereocenters. The van der Waals surface area contributed by atoms with E-state index in [-0.39, 0.29) is 39.2 Å². The van der Waals surface area contributed by atoms with Gasteiger partial charge in [-0.1, -0.05) is 45.8 Å². The zero-order valence-electron chi connectivity index (χ0n) is 32.8. The maximum atomic E-state index is 12.8. The first-order valence-corrected chi connectivity index (χ1v) is 20.6. The number of hydrogen-bond donors (Lipinski definition) is 0. The topological polar surface area (TPSA) is 94.6 Å². The molecule has 8 aliphatic carbocycles. The molecule has 6 fully saturated rings. The molecule has 8 aliphatic rings. The van der Waals surface area contributed by atoms with Crippen LogP contribution in [0.4, 0.5) is 0 Å². The third-order valence-corrected chi connectivity index (χ3v) is 17.7.